The Morgan fingerprint density at radius 1 is 1.06 bits per heavy atom. The molecule has 1 aliphatic rings. The molecule has 92 valence electrons. The molecular formula is C12H19BN2O2. The van der Waals surface area contributed by atoms with Crippen LogP contribution in [-0.2, 0) is 6.54 Å². The highest BCUT2D eigenvalue weighted by Gasteiger charge is 2.14. The van der Waals surface area contributed by atoms with Crippen LogP contribution < -0.4 is 5.46 Å². The SMILES string of the molecule is CN1CCN(Cc2ccc(B(O)O)cc2)CC1. The van der Waals surface area contributed by atoms with Crippen LogP contribution in [0.1, 0.15) is 5.56 Å². The van der Waals surface area contributed by atoms with E-state index >= 15 is 0 Å². The molecule has 1 heterocycles. The lowest BCUT2D eigenvalue weighted by Crippen LogP contribution is -2.43. The van der Waals surface area contributed by atoms with Crippen LogP contribution in [0.2, 0.25) is 0 Å². The van der Waals surface area contributed by atoms with Gasteiger partial charge in [0.15, 0.2) is 0 Å². The smallest absolute Gasteiger partial charge is 0.423 e. The Morgan fingerprint density at radius 3 is 2.18 bits per heavy atom. The van der Waals surface area contributed by atoms with Gasteiger partial charge in [-0.3, -0.25) is 4.90 Å². The van der Waals surface area contributed by atoms with E-state index in [0.717, 1.165) is 32.7 Å². The molecule has 0 atom stereocenters. The average Bonchev–Trinajstić information content (AvgIpc) is 2.33. The maximum Gasteiger partial charge on any atom is 0.488 e. The van der Waals surface area contributed by atoms with E-state index in [2.05, 4.69) is 16.8 Å². The maximum absolute atomic E-state index is 9.00. The fourth-order valence-electron chi connectivity index (χ4n) is 2.06. The van der Waals surface area contributed by atoms with Crippen molar-refractivity contribution >= 4 is 12.6 Å². The lowest BCUT2D eigenvalue weighted by molar-refractivity contribution is 0.148. The Morgan fingerprint density at radius 2 is 1.65 bits per heavy atom. The van der Waals surface area contributed by atoms with Crippen LogP contribution >= 0.6 is 0 Å². The highest BCUT2D eigenvalue weighted by atomic mass is 16.4. The summed E-state index contributed by atoms with van der Waals surface area (Å²) in [4.78, 5) is 4.76. The fraction of sp³-hybridized carbons (Fsp3) is 0.500. The Labute approximate surface area is 103 Å². The number of piperazine rings is 1. The zero-order chi connectivity index (χ0) is 12.3. The molecule has 5 heteroatoms. The topological polar surface area (TPSA) is 46.9 Å². The van der Waals surface area contributed by atoms with Crippen LogP contribution in [0.15, 0.2) is 24.3 Å². The number of hydrogen-bond acceptors (Lipinski definition) is 4. The summed E-state index contributed by atoms with van der Waals surface area (Å²) in [5, 5.41) is 18.0. The van der Waals surface area contributed by atoms with Gasteiger partial charge in [0, 0.05) is 32.7 Å². The molecule has 0 radical (unpaired) electrons. The predicted octanol–water partition coefficient (Wildman–Crippen LogP) is -0.886. The Balaban J connectivity index is 1.90. The quantitative estimate of drug-likeness (QED) is 0.666. The first-order chi connectivity index (χ1) is 8.15. The highest BCUT2D eigenvalue weighted by molar-refractivity contribution is 6.58. The van der Waals surface area contributed by atoms with Gasteiger partial charge in [0.1, 0.15) is 0 Å². The first-order valence-corrected chi connectivity index (χ1v) is 6.01. The van der Waals surface area contributed by atoms with E-state index in [1.54, 1.807) is 12.1 Å². The molecule has 2 N–H and O–H groups in total. The molecule has 2 rings (SSSR count). The second-order valence-electron chi connectivity index (χ2n) is 4.69. The summed E-state index contributed by atoms with van der Waals surface area (Å²) in [6, 6.07) is 7.48. The van der Waals surface area contributed by atoms with E-state index in [9.17, 15) is 0 Å². The van der Waals surface area contributed by atoms with E-state index < -0.39 is 7.12 Å². The molecular weight excluding hydrogens is 215 g/mol. The van der Waals surface area contributed by atoms with E-state index in [-0.39, 0.29) is 0 Å². The van der Waals surface area contributed by atoms with E-state index in [4.69, 9.17) is 10.0 Å². The number of likely N-dealkylation sites (N-methyl/N-ethyl adjacent to an activating group) is 1. The van der Waals surface area contributed by atoms with Crippen molar-refractivity contribution in [1.29, 1.82) is 0 Å². The first-order valence-electron chi connectivity index (χ1n) is 6.01. The molecule has 1 aliphatic heterocycles. The van der Waals surface area contributed by atoms with Gasteiger partial charge in [0.05, 0.1) is 0 Å². The molecule has 1 saturated heterocycles. The molecule has 4 nitrogen and oxygen atoms in total. The van der Waals surface area contributed by atoms with Gasteiger partial charge in [-0.05, 0) is 18.1 Å². The molecule has 0 bridgehead atoms. The molecule has 0 saturated carbocycles. The van der Waals surface area contributed by atoms with Crippen LogP contribution in [0.3, 0.4) is 0 Å². The van der Waals surface area contributed by atoms with Crippen LogP contribution in [-0.4, -0.2) is 60.2 Å². The van der Waals surface area contributed by atoms with Crippen molar-refractivity contribution in [2.75, 3.05) is 33.2 Å². The fourth-order valence-corrected chi connectivity index (χ4v) is 2.06. The van der Waals surface area contributed by atoms with E-state index in [1.165, 1.54) is 5.56 Å². The third-order valence-corrected chi connectivity index (χ3v) is 3.28. The van der Waals surface area contributed by atoms with E-state index in [1.807, 2.05) is 12.1 Å². The molecule has 1 aromatic carbocycles. The number of benzene rings is 1. The molecule has 0 spiro atoms. The summed E-state index contributed by atoms with van der Waals surface area (Å²) in [5.41, 5.74) is 1.77. The zero-order valence-electron chi connectivity index (χ0n) is 10.2. The van der Waals surface area contributed by atoms with Crippen LogP contribution in [0, 0.1) is 0 Å². The van der Waals surface area contributed by atoms with Crippen LogP contribution in [0.25, 0.3) is 0 Å². The van der Waals surface area contributed by atoms with Gasteiger partial charge in [-0.1, -0.05) is 24.3 Å². The Bertz CT molecular complexity index is 348. The number of nitrogens with zero attached hydrogens (tertiary/aromatic N) is 2. The van der Waals surface area contributed by atoms with Crippen LogP contribution in [0.5, 0.6) is 0 Å². The van der Waals surface area contributed by atoms with Crippen molar-refractivity contribution in [3.63, 3.8) is 0 Å². The van der Waals surface area contributed by atoms with Crippen molar-refractivity contribution in [3.8, 4) is 0 Å². The number of rotatable bonds is 3. The van der Waals surface area contributed by atoms with Crippen LogP contribution in [0.4, 0.5) is 0 Å². The minimum atomic E-state index is -1.37. The summed E-state index contributed by atoms with van der Waals surface area (Å²) in [6.45, 7) is 5.37. The summed E-state index contributed by atoms with van der Waals surface area (Å²) in [7, 11) is 0.780. The molecule has 1 fully saturated rings. The summed E-state index contributed by atoms with van der Waals surface area (Å²) in [5.74, 6) is 0. The minimum Gasteiger partial charge on any atom is -0.423 e. The minimum absolute atomic E-state index is 0.548. The highest BCUT2D eigenvalue weighted by Crippen LogP contribution is 2.06. The Kier molecular flexibility index (Phi) is 4.18. The lowest BCUT2D eigenvalue weighted by atomic mass is 9.80. The van der Waals surface area contributed by atoms with Gasteiger partial charge in [-0.25, -0.2) is 0 Å². The molecule has 0 amide bonds. The third kappa shape index (κ3) is 3.54. The molecule has 1 aromatic rings. The van der Waals surface area contributed by atoms with Crippen molar-refractivity contribution in [3.05, 3.63) is 29.8 Å². The second kappa shape index (κ2) is 5.64. The van der Waals surface area contributed by atoms with Crippen molar-refractivity contribution in [2.45, 2.75) is 6.54 Å². The molecule has 0 aromatic heterocycles. The van der Waals surface area contributed by atoms with Crippen molar-refractivity contribution in [1.82, 2.24) is 9.80 Å². The van der Waals surface area contributed by atoms with Crippen molar-refractivity contribution in [2.24, 2.45) is 0 Å². The summed E-state index contributed by atoms with van der Waals surface area (Å²) in [6.07, 6.45) is 0. The standard InChI is InChI=1S/C12H19BN2O2/c1-14-6-8-15(9-7-14)10-11-2-4-12(5-3-11)13(16)17/h2-5,16-17H,6-10H2,1H3. The van der Waals surface area contributed by atoms with Gasteiger partial charge < -0.3 is 14.9 Å². The van der Waals surface area contributed by atoms with Gasteiger partial charge in [0.25, 0.3) is 0 Å². The Hall–Kier alpha value is -0.875. The van der Waals surface area contributed by atoms with Crippen molar-refractivity contribution < 1.29 is 10.0 Å². The number of hydrogen-bond donors (Lipinski definition) is 2. The summed E-state index contributed by atoms with van der Waals surface area (Å²) >= 11 is 0. The van der Waals surface area contributed by atoms with Gasteiger partial charge in [-0.15, -0.1) is 0 Å². The second-order valence-corrected chi connectivity index (χ2v) is 4.69. The summed E-state index contributed by atoms with van der Waals surface area (Å²) < 4.78 is 0. The predicted molar refractivity (Wildman–Crippen MR) is 69.0 cm³/mol. The largest absolute Gasteiger partial charge is 0.488 e. The van der Waals surface area contributed by atoms with Gasteiger partial charge >= 0.3 is 7.12 Å². The van der Waals surface area contributed by atoms with Gasteiger partial charge in [-0.2, -0.15) is 0 Å². The van der Waals surface area contributed by atoms with E-state index in [0.29, 0.717) is 5.46 Å². The van der Waals surface area contributed by atoms with Gasteiger partial charge in [0.2, 0.25) is 0 Å². The molecule has 17 heavy (non-hydrogen) atoms. The monoisotopic (exact) mass is 234 g/mol. The normalized spacial score (nSPS) is 18.3. The zero-order valence-corrected chi connectivity index (χ0v) is 10.2. The average molecular weight is 234 g/mol. The lowest BCUT2D eigenvalue weighted by Gasteiger charge is -2.32. The maximum atomic E-state index is 9.00. The molecule has 0 aliphatic carbocycles. The third-order valence-electron chi connectivity index (χ3n) is 3.28. The first kappa shape index (κ1) is 12.6. The molecule has 0 unspecified atom stereocenters.